The monoisotopic (exact) mass is 398 g/mol. The van der Waals surface area contributed by atoms with Gasteiger partial charge in [-0.15, -0.1) is 0 Å². The molecule has 0 radical (unpaired) electrons. The van der Waals surface area contributed by atoms with Crippen molar-refractivity contribution in [3.63, 3.8) is 0 Å². The molecule has 0 aromatic carbocycles. The van der Waals surface area contributed by atoms with Crippen molar-refractivity contribution in [2.24, 2.45) is 34.5 Å². The largest absolute Gasteiger partial charge is 0.393 e. The number of carbonyl (C=O) groups excluding carboxylic acids is 2. The molecule has 0 amide bonds. The zero-order valence-corrected chi connectivity index (χ0v) is 16.2. The van der Waals surface area contributed by atoms with Crippen molar-refractivity contribution in [2.45, 2.75) is 27.7 Å². The maximum absolute atomic E-state index is 12.3. The summed E-state index contributed by atoms with van der Waals surface area (Å²) in [4.78, 5) is 24.5. The van der Waals surface area contributed by atoms with Crippen LogP contribution in [0.25, 0.3) is 0 Å². The van der Waals surface area contributed by atoms with Crippen LogP contribution in [0.2, 0.25) is 0 Å². The van der Waals surface area contributed by atoms with E-state index < -0.39 is 23.8 Å². The zero-order chi connectivity index (χ0) is 17.7. The SMILES string of the molecule is CC1(C)[C@H](C=C(Cl)Cl)[C@H]1C(=O)OC(=O)[C@H]1[C@@H](C=C(Cl)Cl)C1(C)C. The van der Waals surface area contributed by atoms with Crippen molar-refractivity contribution in [2.75, 3.05) is 0 Å². The molecular weight excluding hydrogens is 382 g/mol. The molecular formula is C16H18Cl4O3. The Balaban J connectivity index is 2.01. The molecule has 23 heavy (non-hydrogen) atoms. The van der Waals surface area contributed by atoms with Crippen LogP contribution in [0.5, 0.6) is 0 Å². The average molecular weight is 400 g/mol. The molecule has 2 aliphatic rings. The number of carbonyl (C=O) groups is 2. The van der Waals surface area contributed by atoms with Crippen LogP contribution >= 0.6 is 46.4 Å². The molecule has 0 aromatic heterocycles. The van der Waals surface area contributed by atoms with Gasteiger partial charge in [0.05, 0.1) is 11.8 Å². The topological polar surface area (TPSA) is 43.4 Å². The Hall–Kier alpha value is -0.220. The summed E-state index contributed by atoms with van der Waals surface area (Å²) in [5, 5.41) is 0. The van der Waals surface area contributed by atoms with Crippen LogP contribution in [0.4, 0.5) is 0 Å². The van der Waals surface area contributed by atoms with Gasteiger partial charge in [0.2, 0.25) is 0 Å². The minimum absolute atomic E-state index is 0.106. The van der Waals surface area contributed by atoms with E-state index in [1.165, 1.54) is 0 Å². The molecule has 2 fully saturated rings. The van der Waals surface area contributed by atoms with E-state index in [9.17, 15) is 9.59 Å². The van der Waals surface area contributed by atoms with Crippen molar-refractivity contribution >= 4 is 58.3 Å². The summed E-state index contributed by atoms with van der Waals surface area (Å²) in [5.74, 6) is -2.20. The van der Waals surface area contributed by atoms with Crippen LogP contribution in [0, 0.1) is 34.5 Å². The Morgan fingerprint density at radius 3 is 1.35 bits per heavy atom. The third kappa shape index (κ3) is 3.73. The van der Waals surface area contributed by atoms with Gasteiger partial charge in [-0.3, -0.25) is 9.59 Å². The molecule has 0 heterocycles. The van der Waals surface area contributed by atoms with E-state index >= 15 is 0 Å². The summed E-state index contributed by atoms with van der Waals surface area (Å²) in [6.45, 7) is 7.62. The number of hydrogen-bond donors (Lipinski definition) is 0. The van der Waals surface area contributed by atoms with Crippen LogP contribution in [-0.4, -0.2) is 11.9 Å². The smallest absolute Gasteiger partial charge is 0.317 e. The van der Waals surface area contributed by atoms with E-state index in [4.69, 9.17) is 51.1 Å². The van der Waals surface area contributed by atoms with Gasteiger partial charge in [0.1, 0.15) is 8.98 Å². The number of hydrogen-bond acceptors (Lipinski definition) is 3. The molecule has 0 saturated heterocycles. The maximum atomic E-state index is 12.3. The maximum Gasteiger partial charge on any atom is 0.317 e. The molecule has 2 aliphatic carbocycles. The fraction of sp³-hybridized carbons (Fsp3) is 0.625. The second-order valence-electron chi connectivity index (χ2n) is 7.30. The Bertz CT molecular complexity index is 546. The molecule has 0 unspecified atom stereocenters. The Morgan fingerprint density at radius 1 is 0.783 bits per heavy atom. The zero-order valence-electron chi connectivity index (χ0n) is 13.2. The van der Waals surface area contributed by atoms with E-state index in [2.05, 4.69) is 0 Å². The quantitative estimate of drug-likeness (QED) is 0.479. The molecule has 0 bridgehead atoms. The lowest BCUT2D eigenvalue weighted by Gasteiger charge is -2.05. The van der Waals surface area contributed by atoms with Crippen molar-refractivity contribution in [1.82, 2.24) is 0 Å². The predicted molar refractivity (Wildman–Crippen MR) is 92.2 cm³/mol. The average Bonchev–Trinajstić information content (AvgIpc) is 3.08. The first-order chi connectivity index (χ1) is 10.4. The lowest BCUT2D eigenvalue weighted by atomic mass is 10.1. The first-order valence-electron chi connectivity index (χ1n) is 7.22. The number of rotatable bonds is 4. The number of ether oxygens (including phenoxy) is 1. The fourth-order valence-corrected chi connectivity index (χ4v) is 3.92. The summed E-state index contributed by atoms with van der Waals surface area (Å²) < 4.78 is 5.30. The molecule has 4 atom stereocenters. The second kappa shape index (κ2) is 6.25. The highest BCUT2D eigenvalue weighted by Gasteiger charge is 2.65. The van der Waals surface area contributed by atoms with Gasteiger partial charge < -0.3 is 4.74 Å². The van der Waals surface area contributed by atoms with Gasteiger partial charge in [-0.25, -0.2) is 0 Å². The van der Waals surface area contributed by atoms with E-state index in [1.54, 1.807) is 12.2 Å². The van der Waals surface area contributed by atoms with Crippen LogP contribution < -0.4 is 0 Å². The van der Waals surface area contributed by atoms with Gasteiger partial charge in [0.25, 0.3) is 0 Å². The number of esters is 2. The summed E-state index contributed by atoms with van der Waals surface area (Å²) >= 11 is 22.6. The van der Waals surface area contributed by atoms with E-state index in [1.807, 2.05) is 27.7 Å². The van der Waals surface area contributed by atoms with Crippen LogP contribution in [0.3, 0.4) is 0 Å². The molecule has 0 aliphatic heterocycles. The predicted octanol–water partition coefficient (Wildman–Crippen LogP) is 5.24. The standard InChI is InChI=1S/C16H18Cl4O3/c1-15(2)7(5-9(17)18)11(15)13(21)23-14(22)12-8(6-10(19)20)16(12,3)4/h5-8,11-12H,1-4H3/t7-,8-,11-,12+/m1/s1. The normalized spacial score (nSPS) is 32.5. The van der Waals surface area contributed by atoms with Crippen LogP contribution in [0.15, 0.2) is 21.1 Å². The first-order valence-corrected chi connectivity index (χ1v) is 8.73. The van der Waals surface area contributed by atoms with Gasteiger partial charge in [0, 0.05) is 0 Å². The minimum atomic E-state index is -0.543. The number of allylic oxidation sites excluding steroid dienone is 2. The van der Waals surface area contributed by atoms with E-state index in [0.29, 0.717) is 0 Å². The van der Waals surface area contributed by atoms with Crippen LogP contribution in [0.1, 0.15) is 27.7 Å². The Morgan fingerprint density at radius 2 is 1.09 bits per heavy atom. The lowest BCUT2D eigenvalue weighted by molar-refractivity contribution is -0.162. The molecule has 2 rings (SSSR count). The molecule has 0 aromatic rings. The molecule has 128 valence electrons. The second-order valence-corrected chi connectivity index (χ2v) is 9.32. The Kier molecular flexibility index (Phi) is 5.20. The van der Waals surface area contributed by atoms with Gasteiger partial charge in [0.15, 0.2) is 0 Å². The van der Waals surface area contributed by atoms with E-state index in [0.717, 1.165) is 0 Å². The van der Waals surface area contributed by atoms with Crippen molar-refractivity contribution in [3.05, 3.63) is 21.1 Å². The molecule has 2 saturated carbocycles. The summed E-state index contributed by atoms with van der Waals surface area (Å²) in [7, 11) is 0. The van der Waals surface area contributed by atoms with Crippen molar-refractivity contribution in [3.8, 4) is 0 Å². The summed E-state index contributed by atoms with van der Waals surface area (Å²) in [5.41, 5.74) is -0.658. The lowest BCUT2D eigenvalue weighted by Crippen LogP contribution is -2.19. The third-order valence-corrected chi connectivity index (χ3v) is 5.65. The molecule has 0 N–H and O–H groups in total. The Labute approximate surface area is 155 Å². The number of halogens is 4. The molecule has 7 heteroatoms. The van der Waals surface area contributed by atoms with Gasteiger partial charge in [-0.1, -0.05) is 74.1 Å². The fourth-order valence-electron chi connectivity index (χ4n) is 3.38. The minimum Gasteiger partial charge on any atom is -0.393 e. The third-order valence-electron chi connectivity index (χ3n) is 5.14. The van der Waals surface area contributed by atoms with Crippen LogP contribution in [-0.2, 0) is 14.3 Å². The highest BCUT2D eigenvalue weighted by Crippen LogP contribution is 2.62. The van der Waals surface area contributed by atoms with Crippen molar-refractivity contribution < 1.29 is 14.3 Å². The molecule has 3 nitrogen and oxygen atoms in total. The van der Waals surface area contributed by atoms with Gasteiger partial charge >= 0.3 is 11.9 Å². The highest BCUT2D eigenvalue weighted by molar-refractivity contribution is 6.56. The molecule has 0 spiro atoms. The first kappa shape index (κ1) is 19.1. The highest BCUT2D eigenvalue weighted by atomic mass is 35.5. The van der Waals surface area contributed by atoms with Gasteiger partial charge in [-0.2, -0.15) is 0 Å². The van der Waals surface area contributed by atoms with E-state index in [-0.39, 0.29) is 31.6 Å². The summed E-state index contributed by atoms with van der Waals surface area (Å²) in [6, 6.07) is 0. The van der Waals surface area contributed by atoms with Gasteiger partial charge in [-0.05, 0) is 34.8 Å². The van der Waals surface area contributed by atoms with Crippen molar-refractivity contribution in [1.29, 1.82) is 0 Å². The summed E-state index contributed by atoms with van der Waals surface area (Å²) in [6.07, 6.45) is 3.22.